The van der Waals surface area contributed by atoms with Crippen LogP contribution in [-0.4, -0.2) is 31.6 Å². The number of rotatable bonds is 2. The molecule has 2 aliphatic heterocycles. The molecule has 3 aromatic carbocycles. The molecule has 0 radical (unpaired) electrons. The van der Waals surface area contributed by atoms with Crippen molar-refractivity contribution in [2.75, 3.05) is 25.1 Å². The number of hydrogen-bond acceptors (Lipinski definition) is 4. The summed E-state index contributed by atoms with van der Waals surface area (Å²) in [5.41, 5.74) is 4.41. The predicted molar refractivity (Wildman–Crippen MR) is 109 cm³/mol. The molecule has 3 atom stereocenters. The Bertz CT molecular complexity index is 988. The second-order valence-electron chi connectivity index (χ2n) is 7.46. The second-order valence-corrected chi connectivity index (χ2v) is 7.46. The Kier molecular flexibility index (Phi) is 4.21. The summed E-state index contributed by atoms with van der Waals surface area (Å²) >= 11 is 0. The molecule has 0 saturated carbocycles. The number of aliphatic hydroxyl groups excluding tert-OH is 1. The molecule has 0 spiro atoms. The predicted octanol–water partition coefficient (Wildman–Crippen LogP) is 4.14. The third kappa shape index (κ3) is 2.81. The van der Waals surface area contributed by atoms with E-state index in [0.29, 0.717) is 6.61 Å². The van der Waals surface area contributed by atoms with E-state index in [-0.39, 0.29) is 11.8 Å². The molecule has 28 heavy (non-hydrogen) atoms. The first-order chi connectivity index (χ1) is 13.7. The summed E-state index contributed by atoms with van der Waals surface area (Å²) in [7, 11) is 2.09. The van der Waals surface area contributed by atoms with Crippen molar-refractivity contribution in [3.63, 3.8) is 0 Å². The van der Waals surface area contributed by atoms with Crippen LogP contribution in [0.3, 0.4) is 0 Å². The summed E-state index contributed by atoms with van der Waals surface area (Å²) in [6.45, 7) is 1.57. The number of hydrogen-bond donors (Lipinski definition) is 1. The monoisotopic (exact) mass is 373 g/mol. The van der Waals surface area contributed by atoms with Gasteiger partial charge >= 0.3 is 0 Å². The molecule has 0 aliphatic carbocycles. The summed E-state index contributed by atoms with van der Waals surface area (Å²) in [6, 6.07) is 24.5. The molecule has 3 unspecified atom stereocenters. The fourth-order valence-electron chi connectivity index (χ4n) is 4.39. The van der Waals surface area contributed by atoms with Gasteiger partial charge in [-0.2, -0.15) is 0 Å². The van der Waals surface area contributed by atoms with E-state index in [9.17, 15) is 5.11 Å². The van der Waals surface area contributed by atoms with E-state index in [0.717, 1.165) is 40.4 Å². The van der Waals surface area contributed by atoms with Gasteiger partial charge in [-0.25, -0.2) is 0 Å². The van der Waals surface area contributed by atoms with Gasteiger partial charge in [0, 0.05) is 18.5 Å². The highest BCUT2D eigenvalue weighted by atomic mass is 16.6. The molecule has 4 nitrogen and oxygen atoms in total. The van der Waals surface area contributed by atoms with E-state index < -0.39 is 6.29 Å². The van der Waals surface area contributed by atoms with E-state index >= 15 is 0 Å². The van der Waals surface area contributed by atoms with Crippen molar-refractivity contribution in [2.24, 2.45) is 0 Å². The minimum atomic E-state index is -0.910. The minimum Gasteiger partial charge on any atom is -0.490 e. The van der Waals surface area contributed by atoms with Crippen LogP contribution >= 0.6 is 0 Å². The highest BCUT2D eigenvalue weighted by Gasteiger charge is 2.39. The van der Waals surface area contributed by atoms with Crippen molar-refractivity contribution < 1.29 is 14.6 Å². The van der Waals surface area contributed by atoms with E-state index in [1.54, 1.807) is 0 Å². The van der Waals surface area contributed by atoms with Crippen LogP contribution in [0.2, 0.25) is 0 Å². The van der Waals surface area contributed by atoms with Gasteiger partial charge in [0.05, 0.1) is 18.2 Å². The molecule has 0 amide bonds. The SMILES string of the molecule is CN1CCOc2ccc(C3c4ccccc4OC(O)C3c3ccccc3)cc21. The van der Waals surface area contributed by atoms with Crippen LogP contribution in [0, 0.1) is 0 Å². The molecule has 0 saturated heterocycles. The van der Waals surface area contributed by atoms with Crippen LogP contribution in [0.5, 0.6) is 11.5 Å². The summed E-state index contributed by atoms with van der Waals surface area (Å²) < 4.78 is 11.7. The molecular formula is C24H23NO3. The van der Waals surface area contributed by atoms with Gasteiger partial charge in [-0.3, -0.25) is 0 Å². The van der Waals surface area contributed by atoms with E-state index in [2.05, 4.69) is 42.3 Å². The standard InChI is InChI=1S/C24H23NO3/c1-25-13-14-27-21-12-11-17(15-19(21)25)22-18-9-5-6-10-20(18)28-24(26)23(22)16-7-3-2-4-8-16/h2-12,15,22-24,26H,13-14H2,1H3. The number of nitrogens with zero attached hydrogens (tertiary/aromatic N) is 1. The molecule has 0 aromatic heterocycles. The first-order valence-corrected chi connectivity index (χ1v) is 9.69. The maximum Gasteiger partial charge on any atom is 0.205 e. The van der Waals surface area contributed by atoms with Gasteiger partial charge in [-0.15, -0.1) is 0 Å². The zero-order chi connectivity index (χ0) is 19.1. The van der Waals surface area contributed by atoms with Gasteiger partial charge in [0.2, 0.25) is 6.29 Å². The topological polar surface area (TPSA) is 41.9 Å². The molecule has 0 fully saturated rings. The van der Waals surface area contributed by atoms with Crippen LogP contribution in [0.1, 0.15) is 28.5 Å². The summed E-state index contributed by atoms with van der Waals surface area (Å²) in [5, 5.41) is 10.9. The van der Waals surface area contributed by atoms with Crippen LogP contribution in [0.25, 0.3) is 0 Å². The number of ether oxygens (including phenoxy) is 2. The van der Waals surface area contributed by atoms with Crippen LogP contribution in [0.15, 0.2) is 72.8 Å². The molecule has 3 aromatic rings. The number of fused-ring (bicyclic) bond motifs is 2. The van der Waals surface area contributed by atoms with Crippen molar-refractivity contribution in [1.82, 2.24) is 0 Å². The van der Waals surface area contributed by atoms with Gasteiger partial charge in [0.25, 0.3) is 0 Å². The lowest BCUT2D eigenvalue weighted by Crippen LogP contribution is -2.35. The normalized spacial score (nSPS) is 23.2. The molecule has 2 aliphatic rings. The van der Waals surface area contributed by atoms with Crippen molar-refractivity contribution in [3.05, 3.63) is 89.5 Å². The molecule has 142 valence electrons. The first-order valence-electron chi connectivity index (χ1n) is 9.69. The van der Waals surface area contributed by atoms with Crippen molar-refractivity contribution in [1.29, 1.82) is 0 Å². The van der Waals surface area contributed by atoms with Crippen molar-refractivity contribution in [3.8, 4) is 11.5 Å². The quantitative estimate of drug-likeness (QED) is 0.733. The van der Waals surface area contributed by atoms with Crippen LogP contribution in [-0.2, 0) is 0 Å². The average Bonchev–Trinajstić information content (AvgIpc) is 2.73. The average molecular weight is 373 g/mol. The fraction of sp³-hybridized carbons (Fsp3) is 0.250. The van der Waals surface area contributed by atoms with Gasteiger partial charge in [0.1, 0.15) is 18.1 Å². The molecule has 1 N–H and O–H groups in total. The zero-order valence-electron chi connectivity index (χ0n) is 15.8. The highest BCUT2D eigenvalue weighted by molar-refractivity contribution is 5.63. The van der Waals surface area contributed by atoms with Gasteiger partial charge in [-0.1, -0.05) is 54.6 Å². The first kappa shape index (κ1) is 17.1. The Labute approximate surface area is 165 Å². The lowest BCUT2D eigenvalue weighted by atomic mass is 9.75. The van der Waals surface area contributed by atoms with E-state index in [1.807, 2.05) is 42.5 Å². The Balaban J connectivity index is 1.68. The molecule has 2 heterocycles. The van der Waals surface area contributed by atoms with Gasteiger partial charge in [0.15, 0.2) is 0 Å². The Morgan fingerprint density at radius 3 is 2.54 bits per heavy atom. The minimum absolute atomic E-state index is 0.0111. The van der Waals surface area contributed by atoms with E-state index in [1.165, 1.54) is 0 Å². The third-order valence-electron chi connectivity index (χ3n) is 5.79. The number of benzene rings is 3. The summed E-state index contributed by atoms with van der Waals surface area (Å²) in [4.78, 5) is 2.22. The van der Waals surface area contributed by atoms with Crippen molar-refractivity contribution >= 4 is 5.69 Å². The second kappa shape index (κ2) is 6.88. The maximum absolute atomic E-state index is 10.9. The lowest BCUT2D eigenvalue weighted by Gasteiger charge is -2.38. The number of aliphatic hydroxyl groups is 1. The number of anilines is 1. The van der Waals surface area contributed by atoms with Crippen LogP contribution < -0.4 is 14.4 Å². The maximum atomic E-state index is 10.9. The summed E-state index contributed by atoms with van der Waals surface area (Å²) in [5.74, 6) is 1.45. The molecular weight excluding hydrogens is 350 g/mol. The van der Waals surface area contributed by atoms with Gasteiger partial charge in [-0.05, 0) is 29.3 Å². The zero-order valence-corrected chi connectivity index (χ0v) is 15.8. The summed E-state index contributed by atoms with van der Waals surface area (Å²) in [6.07, 6.45) is -0.910. The number of likely N-dealkylation sites (N-methyl/N-ethyl adjacent to an activating group) is 1. The van der Waals surface area contributed by atoms with Crippen molar-refractivity contribution in [2.45, 2.75) is 18.1 Å². The largest absolute Gasteiger partial charge is 0.490 e. The Morgan fingerprint density at radius 1 is 0.893 bits per heavy atom. The van der Waals surface area contributed by atoms with Crippen LogP contribution in [0.4, 0.5) is 5.69 Å². The molecule has 5 rings (SSSR count). The van der Waals surface area contributed by atoms with Gasteiger partial charge < -0.3 is 19.5 Å². The Morgan fingerprint density at radius 2 is 1.68 bits per heavy atom. The third-order valence-corrected chi connectivity index (χ3v) is 5.79. The molecule has 4 heteroatoms. The number of para-hydroxylation sites is 1. The lowest BCUT2D eigenvalue weighted by molar-refractivity contribution is -0.0530. The fourth-order valence-corrected chi connectivity index (χ4v) is 4.39. The smallest absolute Gasteiger partial charge is 0.205 e. The molecule has 0 bridgehead atoms. The highest BCUT2D eigenvalue weighted by Crippen LogP contribution is 2.49. The van der Waals surface area contributed by atoms with E-state index in [4.69, 9.17) is 9.47 Å². The Hall–Kier alpha value is -2.98.